The zero-order valence-corrected chi connectivity index (χ0v) is 9.82. The number of nitrogens with zero attached hydrogens (tertiary/aromatic N) is 2. The largest absolute Gasteiger partial charge is 0.334 e. The van der Waals surface area contributed by atoms with E-state index in [1.165, 1.54) is 32.2 Å². The number of amides is 2. The van der Waals surface area contributed by atoms with E-state index in [1.807, 2.05) is 4.90 Å². The van der Waals surface area contributed by atoms with Crippen molar-refractivity contribution in [3.63, 3.8) is 0 Å². The summed E-state index contributed by atoms with van der Waals surface area (Å²) in [7, 11) is 0. The molecule has 0 spiro atoms. The number of hydrogen-bond donors (Lipinski definition) is 1. The second-order valence-corrected chi connectivity index (χ2v) is 5.36. The van der Waals surface area contributed by atoms with E-state index in [-0.39, 0.29) is 6.03 Å². The minimum absolute atomic E-state index is 0.167. The van der Waals surface area contributed by atoms with E-state index in [0.717, 1.165) is 32.1 Å². The van der Waals surface area contributed by atoms with E-state index in [9.17, 15) is 4.79 Å². The van der Waals surface area contributed by atoms with Crippen LogP contribution in [0.25, 0.3) is 0 Å². The molecule has 1 aliphatic carbocycles. The number of carbonyl (C=O) groups excluding carboxylic acids is 1. The number of nitrogens with one attached hydrogen (secondary N) is 1. The third kappa shape index (κ3) is 2.17. The first-order valence-electron chi connectivity index (χ1n) is 6.62. The minimum Gasteiger partial charge on any atom is -0.334 e. The Kier molecular flexibility index (Phi) is 2.75. The molecule has 3 fully saturated rings. The van der Waals surface area contributed by atoms with Crippen molar-refractivity contribution in [2.45, 2.75) is 44.2 Å². The molecule has 1 N–H and O–H groups in total. The summed E-state index contributed by atoms with van der Waals surface area (Å²) in [5, 5.41) is 3.18. The van der Waals surface area contributed by atoms with Crippen LogP contribution in [0.2, 0.25) is 0 Å². The monoisotopic (exact) mass is 223 g/mol. The van der Waals surface area contributed by atoms with Gasteiger partial charge in [0.15, 0.2) is 0 Å². The Morgan fingerprint density at radius 3 is 2.50 bits per heavy atom. The van der Waals surface area contributed by atoms with Gasteiger partial charge in [-0.25, -0.2) is 4.79 Å². The van der Waals surface area contributed by atoms with Gasteiger partial charge in [-0.15, -0.1) is 0 Å². The van der Waals surface area contributed by atoms with Crippen LogP contribution in [-0.4, -0.2) is 54.1 Å². The molecule has 1 unspecified atom stereocenters. The number of carbonyl (C=O) groups is 1. The zero-order chi connectivity index (χ0) is 11.0. The standard InChI is InChI=1S/C12H21N3O/c16-12(14-6-1-2-7-14)13-10-5-8-15(9-10)11-3-4-11/h10-11H,1-9H2,(H,13,16). The first-order chi connectivity index (χ1) is 7.83. The Hall–Kier alpha value is -0.770. The van der Waals surface area contributed by atoms with Gasteiger partial charge in [-0.3, -0.25) is 4.90 Å². The highest BCUT2D eigenvalue weighted by Crippen LogP contribution is 2.29. The molecule has 2 heterocycles. The molecule has 2 amide bonds. The summed E-state index contributed by atoms with van der Waals surface area (Å²) in [6.07, 6.45) is 6.22. The highest BCUT2D eigenvalue weighted by Gasteiger charge is 2.35. The van der Waals surface area contributed by atoms with Crippen LogP contribution in [-0.2, 0) is 0 Å². The predicted molar refractivity (Wildman–Crippen MR) is 62.3 cm³/mol. The van der Waals surface area contributed by atoms with Crippen LogP contribution < -0.4 is 5.32 Å². The molecule has 4 heteroatoms. The SMILES string of the molecule is O=C(NC1CCN(C2CC2)C1)N1CCCC1. The Bertz CT molecular complexity index is 271. The van der Waals surface area contributed by atoms with Crippen molar-refractivity contribution < 1.29 is 4.79 Å². The van der Waals surface area contributed by atoms with Gasteiger partial charge in [0.1, 0.15) is 0 Å². The zero-order valence-electron chi connectivity index (χ0n) is 9.82. The Labute approximate surface area is 97.0 Å². The van der Waals surface area contributed by atoms with Crippen molar-refractivity contribution in [3.05, 3.63) is 0 Å². The van der Waals surface area contributed by atoms with Gasteiger partial charge in [0.05, 0.1) is 0 Å². The van der Waals surface area contributed by atoms with Crippen molar-refractivity contribution in [2.75, 3.05) is 26.2 Å². The fourth-order valence-corrected chi connectivity index (χ4v) is 2.86. The molecule has 2 saturated heterocycles. The third-order valence-electron chi connectivity index (χ3n) is 4.00. The average Bonchev–Trinajstić information content (AvgIpc) is 2.82. The number of hydrogen-bond acceptors (Lipinski definition) is 2. The maximum atomic E-state index is 11.9. The van der Waals surface area contributed by atoms with E-state index >= 15 is 0 Å². The maximum absolute atomic E-state index is 11.9. The van der Waals surface area contributed by atoms with Gasteiger partial charge >= 0.3 is 6.03 Å². The molecule has 0 aromatic carbocycles. The van der Waals surface area contributed by atoms with Crippen LogP contribution in [0.1, 0.15) is 32.1 Å². The molecule has 1 atom stereocenters. The van der Waals surface area contributed by atoms with Crippen LogP contribution in [0.3, 0.4) is 0 Å². The number of urea groups is 1. The molecule has 0 radical (unpaired) electrons. The highest BCUT2D eigenvalue weighted by molar-refractivity contribution is 5.74. The molecule has 2 aliphatic heterocycles. The summed E-state index contributed by atoms with van der Waals surface area (Å²) in [4.78, 5) is 16.4. The van der Waals surface area contributed by atoms with Gasteiger partial charge in [-0.05, 0) is 32.1 Å². The van der Waals surface area contributed by atoms with E-state index in [1.54, 1.807) is 0 Å². The van der Waals surface area contributed by atoms with Crippen molar-refractivity contribution >= 4 is 6.03 Å². The molecule has 3 rings (SSSR count). The molecule has 90 valence electrons. The normalized spacial score (nSPS) is 31.0. The molecule has 1 saturated carbocycles. The number of rotatable bonds is 2. The molecule has 0 aromatic heterocycles. The third-order valence-corrected chi connectivity index (χ3v) is 4.00. The lowest BCUT2D eigenvalue weighted by Crippen LogP contribution is -2.44. The molecule has 0 bridgehead atoms. The Morgan fingerprint density at radius 2 is 1.81 bits per heavy atom. The van der Waals surface area contributed by atoms with E-state index in [2.05, 4.69) is 10.2 Å². The summed E-state index contributed by atoms with van der Waals surface area (Å²) in [6.45, 7) is 4.15. The van der Waals surface area contributed by atoms with Crippen LogP contribution in [0.4, 0.5) is 4.79 Å². The van der Waals surface area contributed by atoms with E-state index in [0.29, 0.717) is 6.04 Å². The van der Waals surface area contributed by atoms with Gasteiger partial charge < -0.3 is 10.2 Å². The smallest absolute Gasteiger partial charge is 0.317 e. The van der Waals surface area contributed by atoms with Crippen LogP contribution >= 0.6 is 0 Å². The molecule has 16 heavy (non-hydrogen) atoms. The molecular weight excluding hydrogens is 202 g/mol. The van der Waals surface area contributed by atoms with Gasteiger partial charge in [0.2, 0.25) is 0 Å². The maximum Gasteiger partial charge on any atom is 0.317 e. The van der Waals surface area contributed by atoms with Crippen molar-refractivity contribution in [3.8, 4) is 0 Å². The summed E-state index contributed by atoms with van der Waals surface area (Å²) >= 11 is 0. The lowest BCUT2D eigenvalue weighted by Gasteiger charge is -2.20. The van der Waals surface area contributed by atoms with Crippen LogP contribution in [0.5, 0.6) is 0 Å². The molecule has 0 aromatic rings. The highest BCUT2D eigenvalue weighted by atomic mass is 16.2. The fraction of sp³-hybridized carbons (Fsp3) is 0.917. The second kappa shape index (κ2) is 4.24. The van der Waals surface area contributed by atoms with Gasteiger partial charge in [-0.2, -0.15) is 0 Å². The molecule has 4 nitrogen and oxygen atoms in total. The Morgan fingerprint density at radius 1 is 1.06 bits per heavy atom. The van der Waals surface area contributed by atoms with Crippen molar-refractivity contribution in [1.82, 2.24) is 15.1 Å². The summed E-state index contributed by atoms with van der Waals surface area (Å²) in [6, 6.07) is 1.41. The summed E-state index contributed by atoms with van der Waals surface area (Å²) < 4.78 is 0. The topological polar surface area (TPSA) is 35.6 Å². The van der Waals surface area contributed by atoms with Gasteiger partial charge in [-0.1, -0.05) is 0 Å². The van der Waals surface area contributed by atoms with E-state index < -0.39 is 0 Å². The first kappa shape index (κ1) is 10.4. The van der Waals surface area contributed by atoms with E-state index in [4.69, 9.17) is 0 Å². The first-order valence-corrected chi connectivity index (χ1v) is 6.62. The summed E-state index contributed by atoms with van der Waals surface area (Å²) in [5.74, 6) is 0. The van der Waals surface area contributed by atoms with Crippen LogP contribution in [0, 0.1) is 0 Å². The Balaban J connectivity index is 1.45. The predicted octanol–water partition coefficient (Wildman–Crippen LogP) is 1.03. The molecule has 3 aliphatic rings. The van der Waals surface area contributed by atoms with Crippen LogP contribution in [0.15, 0.2) is 0 Å². The lowest BCUT2D eigenvalue weighted by atomic mass is 10.3. The second-order valence-electron chi connectivity index (χ2n) is 5.36. The lowest BCUT2D eigenvalue weighted by molar-refractivity contribution is 0.204. The number of likely N-dealkylation sites (tertiary alicyclic amines) is 2. The minimum atomic E-state index is 0.167. The van der Waals surface area contributed by atoms with Gasteiger partial charge in [0, 0.05) is 38.3 Å². The van der Waals surface area contributed by atoms with Crippen molar-refractivity contribution in [2.24, 2.45) is 0 Å². The summed E-state index contributed by atoms with van der Waals surface area (Å²) in [5.41, 5.74) is 0. The molecular formula is C12H21N3O. The quantitative estimate of drug-likeness (QED) is 0.759. The van der Waals surface area contributed by atoms with Crippen molar-refractivity contribution in [1.29, 1.82) is 0 Å². The average molecular weight is 223 g/mol. The van der Waals surface area contributed by atoms with Gasteiger partial charge in [0.25, 0.3) is 0 Å². The fourth-order valence-electron chi connectivity index (χ4n) is 2.86.